The number of nitrogens with zero attached hydrogens (tertiary/aromatic N) is 1. The Kier molecular flexibility index (Phi) is 3.29. The zero-order valence-corrected chi connectivity index (χ0v) is 9.73. The van der Waals surface area contributed by atoms with E-state index in [0.717, 1.165) is 12.2 Å². The van der Waals surface area contributed by atoms with Crippen molar-refractivity contribution < 1.29 is 14.7 Å². The summed E-state index contributed by atoms with van der Waals surface area (Å²) < 4.78 is 0. The summed E-state index contributed by atoms with van der Waals surface area (Å²) in [6.45, 7) is 0. The molecule has 1 amide bonds. The standard InChI is InChI=1S/C11H8ClN3O3/c12-6-1-2-7-8(5-6)14-15-11(7)13-9(16)3-4-10(17)18/h1-5H,(H,17,18)(H2,13,14,15,16)/b4-3-. The molecule has 0 saturated heterocycles. The maximum atomic E-state index is 11.4. The van der Waals surface area contributed by atoms with E-state index in [9.17, 15) is 9.59 Å². The van der Waals surface area contributed by atoms with Crippen LogP contribution in [0.15, 0.2) is 30.4 Å². The highest BCUT2D eigenvalue weighted by Gasteiger charge is 2.07. The second-order valence-corrected chi connectivity index (χ2v) is 3.86. The summed E-state index contributed by atoms with van der Waals surface area (Å²) >= 11 is 5.81. The van der Waals surface area contributed by atoms with E-state index in [1.54, 1.807) is 18.2 Å². The minimum Gasteiger partial charge on any atom is -0.478 e. The highest BCUT2D eigenvalue weighted by molar-refractivity contribution is 6.31. The first-order valence-corrected chi connectivity index (χ1v) is 5.29. The number of carbonyl (C=O) groups excluding carboxylic acids is 1. The molecule has 92 valence electrons. The molecule has 2 aromatic rings. The lowest BCUT2D eigenvalue weighted by Gasteiger charge is -1.97. The van der Waals surface area contributed by atoms with Gasteiger partial charge in [0.2, 0.25) is 5.91 Å². The second-order valence-electron chi connectivity index (χ2n) is 3.42. The molecule has 7 heteroatoms. The number of halogens is 1. The summed E-state index contributed by atoms with van der Waals surface area (Å²) in [5.41, 5.74) is 0.681. The van der Waals surface area contributed by atoms with Gasteiger partial charge in [-0.3, -0.25) is 9.89 Å². The summed E-state index contributed by atoms with van der Waals surface area (Å²) in [6.07, 6.45) is 1.67. The van der Waals surface area contributed by atoms with Gasteiger partial charge in [0.15, 0.2) is 5.82 Å². The van der Waals surface area contributed by atoms with Gasteiger partial charge in [-0.15, -0.1) is 0 Å². The van der Waals surface area contributed by atoms with Crippen LogP contribution < -0.4 is 5.32 Å². The van der Waals surface area contributed by atoms with Crippen LogP contribution in [0, 0.1) is 0 Å². The molecule has 2 rings (SSSR count). The quantitative estimate of drug-likeness (QED) is 0.738. The van der Waals surface area contributed by atoms with Crippen LogP contribution in [0.5, 0.6) is 0 Å². The molecule has 0 radical (unpaired) electrons. The van der Waals surface area contributed by atoms with Gasteiger partial charge in [-0.2, -0.15) is 5.10 Å². The molecule has 0 saturated carbocycles. The lowest BCUT2D eigenvalue weighted by atomic mass is 10.2. The maximum absolute atomic E-state index is 11.4. The number of nitrogens with one attached hydrogen (secondary N) is 2. The Morgan fingerprint density at radius 2 is 2.17 bits per heavy atom. The molecule has 1 aromatic carbocycles. The molecule has 18 heavy (non-hydrogen) atoms. The maximum Gasteiger partial charge on any atom is 0.328 e. The fourth-order valence-electron chi connectivity index (χ4n) is 1.39. The number of rotatable bonds is 3. The van der Waals surface area contributed by atoms with Crippen molar-refractivity contribution in [2.45, 2.75) is 0 Å². The third-order valence-corrected chi connectivity index (χ3v) is 2.38. The average Bonchev–Trinajstić information content (AvgIpc) is 2.69. The number of carboxylic acid groups (broad SMARTS) is 1. The number of fused-ring (bicyclic) bond motifs is 1. The van der Waals surface area contributed by atoms with Gasteiger partial charge in [0.25, 0.3) is 0 Å². The van der Waals surface area contributed by atoms with E-state index >= 15 is 0 Å². The first kappa shape index (κ1) is 12.1. The number of anilines is 1. The van der Waals surface area contributed by atoms with Crippen LogP contribution in [0.1, 0.15) is 0 Å². The Bertz CT molecular complexity index is 648. The van der Waals surface area contributed by atoms with Crippen LogP contribution in [0.25, 0.3) is 10.9 Å². The molecule has 0 fully saturated rings. The molecule has 1 heterocycles. The van der Waals surface area contributed by atoms with Gasteiger partial charge in [-0.05, 0) is 18.2 Å². The average molecular weight is 266 g/mol. The van der Waals surface area contributed by atoms with Gasteiger partial charge in [0.05, 0.1) is 5.52 Å². The minimum absolute atomic E-state index is 0.321. The normalized spacial score (nSPS) is 10.9. The number of H-pyrrole nitrogens is 1. The number of benzene rings is 1. The van der Waals surface area contributed by atoms with E-state index in [1.165, 1.54) is 0 Å². The van der Waals surface area contributed by atoms with Crippen LogP contribution in [-0.2, 0) is 9.59 Å². The number of aromatic nitrogens is 2. The van der Waals surface area contributed by atoms with Crippen molar-refractivity contribution >= 4 is 40.2 Å². The monoisotopic (exact) mass is 265 g/mol. The highest BCUT2D eigenvalue weighted by Crippen LogP contribution is 2.23. The molecule has 0 bridgehead atoms. The van der Waals surface area contributed by atoms with Gasteiger partial charge in [-0.1, -0.05) is 11.6 Å². The van der Waals surface area contributed by atoms with E-state index in [-0.39, 0.29) is 0 Å². The van der Waals surface area contributed by atoms with Gasteiger partial charge >= 0.3 is 5.97 Å². The summed E-state index contributed by atoms with van der Waals surface area (Å²) in [6, 6.07) is 5.05. The molecule has 0 unspecified atom stereocenters. The van der Waals surface area contributed by atoms with E-state index in [1.807, 2.05) is 0 Å². The van der Waals surface area contributed by atoms with Crippen molar-refractivity contribution in [3.05, 3.63) is 35.4 Å². The van der Waals surface area contributed by atoms with Crippen LogP contribution in [0.4, 0.5) is 5.82 Å². The van der Waals surface area contributed by atoms with Crippen molar-refractivity contribution in [1.29, 1.82) is 0 Å². The molecule has 0 aliphatic rings. The largest absolute Gasteiger partial charge is 0.478 e. The molecular weight excluding hydrogens is 258 g/mol. The highest BCUT2D eigenvalue weighted by atomic mass is 35.5. The lowest BCUT2D eigenvalue weighted by molar-refractivity contribution is -0.131. The van der Waals surface area contributed by atoms with Gasteiger partial charge in [0.1, 0.15) is 0 Å². The van der Waals surface area contributed by atoms with Crippen molar-refractivity contribution in [3.8, 4) is 0 Å². The van der Waals surface area contributed by atoms with Crippen LogP contribution in [-0.4, -0.2) is 27.2 Å². The smallest absolute Gasteiger partial charge is 0.328 e. The Morgan fingerprint density at radius 1 is 1.39 bits per heavy atom. The summed E-state index contributed by atoms with van der Waals surface area (Å²) in [4.78, 5) is 21.6. The zero-order chi connectivity index (χ0) is 13.1. The van der Waals surface area contributed by atoms with E-state index < -0.39 is 11.9 Å². The molecule has 0 aliphatic heterocycles. The molecule has 3 N–H and O–H groups in total. The van der Waals surface area contributed by atoms with E-state index in [0.29, 0.717) is 21.7 Å². The minimum atomic E-state index is -1.19. The molecule has 6 nitrogen and oxygen atoms in total. The SMILES string of the molecule is O=C(O)/C=C\C(=O)Nc1n[nH]c2cc(Cl)ccc12. The number of hydrogen-bond acceptors (Lipinski definition) is 3. The Hall–Kier alpha value is -2.34. The topological polar surface area (TPSA) is 95.1 Å². The predicted octanol–water partition coefficient (Wildman–Crippen LogP) is 1.80. The molecule has 0 atom stereocenters. The Labute approximate surface area is 106 Å². The number of carbonyl (C=O) groups is 2. The fraction of sp³-hybridized carbons (Fsp3) is 0. The van der Waals surface area contributed by atoms with Crippen molar-refractivity contribution in [2.75, 3.05) is 5.32 Å². The van der Waals surface area contributed by atoms with Gasteiger partial charge < -0.3 is 10.4 Å². The summed E-state index contributed by atoms with van der Waals surface area (Å²) in [5, 5.41) is 18.7. The Balaban J connectivity index is 2.22. The van der Waals surface area contributed by atoms with Crippen molar-refractivity contribution in [1.82, 2.24) is 10.2 Å². The number of carboxylic acids is 1. The molecule has 1 aromatic heterocycles. The van der Waals surface area contributed by atoms with Gasteiger partial charge in [0, 0.05) is 22.6 Å². The van der Waals surface area contributed by atoms with E-state index in [4.69, 9.17) is 16.7 Å². The number of aliphatic carboxylic acids is 1. The molecule has 0 aliphatic carbocycles. The fourth-order valence-corrected chi connectivity index (χ4v) is 1.56. The third kappa shape index (κ3) is 2.67. The lowest BCUT2D eigenvalue weighted by Crippen LogP contribution is -2.09. The Morgan fingerprint density at radius 3 is 2.89 bits per heavy atom. The first-order valence-electron chi connectivity index (χ1n) is 4.92. The van der Waals surface area contributed by atoms with Crippen LogP contribution in [0.3, 0.4) is 0 Å². The first-order chi connectivity index (χ1) is 8.56. The van der Waals surface area contributed by atoms with Crippen molar-refractivity contribution in [3.63, 3.8) is 0 Å². The van der Waals surface area contributed by atoms with Crippen molar-refractivity contribution in [2.24, 2.45) is 0 Å². The summed E-state index contributed by atoms with van der Waals surface area (Å²) in [7, 11) is 0. The number of hydrogen-bond donors (Lipinski definition) is 3. The van der Waals surface area contributed by atoms with Crippen LogP contribution >= 0.6 is 11.6 Å². The zero-order valence-electron chi connectivity index (χ0n) is 8.98. The second kappa shape index (κ2) is 4.89. The predicted molar refractivity (Wildman–Crippen MR) is 66.5 cm³/mol. The number of amides is 1. The van der Waals surface area contributed by atoms with Gasteiger partial charge in [-0.25, -0.2) is 4.79 Å². The van der Waals surface area contributed by atoms with Crippen LogP contribution in [0.2, 0.25) is 5.02 Å². The van der Waals surface area contributed by atoms with E-state index in [2.05, 4.69) is 15.5 Å². The molecular formula is C11H8ClN3O3. The number of aromatic amines is 1. The molecule has 0 spiro atoms. The summed E-state index contributed by atoms with van der Waals surface area (Å²) in [5.74, 6) is -1.44. The third-order valence-electron chi connectivity index (χ3n) is 2.14.